The molecule has 1 aromatic rings. The van der Waals surface area contributed by atoms with Crippen LogP contribution in [0, 0.1) is 0 Å². The van der Waals surface area contributed by atoms with Gasteiger partial charge in [-0.25, -0.2) is 0 Å². The molecular weight excluding hydrogens is 262 g/mol. The van der Waals surface area contributed by atoms with Crippen LogP contribution in [0.2, 0.25) is 0 Å². The predicted octanol–water partition coefficient (Wildman–Crippen LogP) is 2.63. The number of rotatable bonds is 4. The normalized spacial score (nSPS) is 15.5. The van der Waals surface area contributed by atoms with Crippen LogP contribution in [-0.2, 0) is 11.3 Å². The van der Waals surface area contributed by atoms with Crippen molar-refractivity contribution in [2.45, 2.75) is 25.4 Å². The minimum atomic E-state index is 0.207. The van der Waals surface area contributed by atoms with Crippen molar-refractivity contribution in [2.75, 3.05) is 5.33 Å². The second-order valence-corrected chi connectivity index (χ2v) is 4.86. The molecule has 0 unspecified atom stereocenters. The van der Waals surface area contributed by atoms with E-state index in [1.54, 1.807) is 11.3 Å². The molecule has 14 heavy (non-hydrogen) atoms. The minimum absolute atomic E-state index is 0.207. The molecule has 0 bridgehead atoms. The van der Waals surface area contributed by atoms with Gasteiger partial charge in [-0.3, -0.25) is 4.79 Å². The maximum Gasteiger partial charge on any atom is 0.233 e. The van der Waals surface area contributed by atoms with E-state index in [1.165, 1.54) is 18.4 Å². The molecule has 1 aliphatic rings. The van der Waals surface area contributed by atoms with Crippen LogP contribution in [0.25, 0.3) is 0 Å². The predicted molar refractivity (Wildman–Crippen MR) is 61.7 cm³/mol. The summed E-state index contributed by atoms with van der Waals surface area (Å²) in [5, 5.41) is 4.60. The van der Waals surface area contributed by atoms with Gasteiger partial charge in [0.05, 0.1) is 5.33 Å². The summed E-state index contributed by atoms with van der Waals surface area (Å²) >= 11 is 4.91. The number of hydrogen-bond acceptors (Lipinski definition) is 2. The fourth-order valence-corrected chi connectivity index (χ4v) is 2.45. The van der Waals surface area contributed by atoms with Gasteiger partial charge >= 0.3 is 0 Å². The topological polar surface area (TPSA) is 20.3 Å². The molecule has 0 aliphatic heterocycles. The van der Waals surface area contributed by atoms with E-state index in [0.29, 0.717) is 11.4 Å². The molecular formula is C10H12BrNOS. The van der Waals surface area contributed by atoms with Gasteiger partial charge in [-0.05, 0) is 35.2 Å². The van der Waals surface area contributed by atoms with Gasteiger partial charge < -0.3 is 4.90 Å². The molecule has 0 saturated heterocycles. The Bertz CT molecular complexity index is 308. The molecule has 0 N–H and O–H groups in total. The molecule has 0 radical (unpaired) electrons. The number of carbonyl (C=O) groups is 1. The number of alkyl halides is 1. The third-order valence-electron chi connectivity index (χ3n) is 2.36. The zero-order valence-corrected chi connectivity index (χ0v) is 10.2. The average molecular weight is 274 g/mol. The van der Waals surface area contributed by atoms with E-state index in [-0.39, 0.29) is 5.91 Å². The molecule has 0 spiro atoms. The highest BCUT2D eigenvalue weighted by Crippen LogP contribution is 2.29. The first-order chi connectivity index (χ1) is 6.81. The van der Waals surface area contributed by atoms with Crippen molar-refractivity contribution >= 4 is 33.2 Å². The number of nitrogens with zero attached hydrogens (tertiary/aromatic N) is 1. The molecule has 4 heteroatoms. The van der Waals surface area contributed by atoms with E-state index >= 15 is 0 Å². The molecule has 1 heterocycles. The van der Waals surface area contributed by atoms with Crippen molar-refractivity contribution in [3.8, 4) is 0 Å². The van der Waals surface area contributed by atoms with Crippen molar-refractivity contribution in [3.05, 3.63) is 22.4 Å². The van der Waals surface area contributed by atoms with Crippen molar-refractivity contribution in [3.63, 3.8) is 0 Å². The summed E-state index contributed by atoms with van der Waals surface area (Å²) in [6.07, 6.45) is 2.34. The second-order valence-electron chi connectivity index (χ2n) is 3.52. The van der Waals surface area contributed by atoms with Crippen LogP contribution in [0.3, 0.4) is 0 Å². The van der Waals surface area contributed by atoms with Gasteiger partial charge in [0.1, 0.15) is 0 Å². The van der Waals surface area contributed by atoms with Crippen LogP contribution in [0.15, 0.2) is 16.8 Å². The summed E-state index contributed by atoms with van der Waals surface area (Å²) in [4.78, 5) is 13.6. The lowest BCUT2D eigenvalue weighted by Gasteiger charge is -2.20. The minimum Gasteiger partial charge on any atom is -0.335 e. The standard InChI is InChI=1S/C10H12BrNOS/c11-5-10(13)12(9-1-2-9)6-8-3-4-14-7-8/h3-4,7,9H,1-2,5-6H2. The first kappa shape index (κ1) is 10.2. The highest BCUT2D eigenvalue weighted by molar-refractivity contribution is 9.09. The van der Waals surface area contributed by atoms with Gasteiger partial charge in [-0.15, -0.1) is 0 Å². The smallest absolute Gasteiger partial charge is 0.233 e. The Morgan fingerprint density at radius 1 is 1.64 bits per heavy atom. The lowest BCUT2D eigenvalue weighted by atomic mass is 10.3. The van der Waals surface area contributed by atoms with Crippen molar-refractivity contribution < 1.29 is 4.79 Å². The first-order valence-electron chi connectivity index (χ1n) is 4.68. The Hall–Kier alpha value is -0.350. The average Bonchev–Trinajstić information content (AvgIpc) is 2.92. The van der Waals surface area contributed by atoms with Crippen molar-refractivity contribution in [1.29, 1.82) is 0 Å². The molecule has 0 atom stereocenters. The summed E-state index contributed by atoms with van der Waals surface area (Å²) in [5.41, 5.74) is 1.25. The Labute approximate surface area is 96.0 Å². The summed E-state index contributed by atoms with van der Waals surface area (Å²) in [7, 11) is 0. The summed E-state index contributed by atoms with van der Waals surface area (Å²) in [6, 6.07) is 2.58. The Balaban J connectivity index is 2.00. The monoisotopic (exact) mass is 273 g/mol. The third kappa shape index (κ3) is 2.36. The largest absolute Gasteiger partial charge is 0.335 e. The SMILES string of the molecule is O=C(CBr)N(Cc1ccsc1)C1CC1. The highest BCUT2D eigenvalue weighted by atomic mass is 79.9. The van der Waals surface area contributed by atoms with Gasteiger partial charge in [0.15, 0.2) is 0 Å². The van der Waals surface area contributed by atoms with Crippen LogP contribution in [0.1, 0.15) is 18.4 Å². The van der Waals surface area contributed by atoms with E-state index in [1.807, 2.05) is 4.90 Å². The van der Waals surface area contributed by atoms with Crippen LogP contribution in [0.4, 0.5) is 0 Å². The lowest BCUT2D eigenvalue weighted by Crippen LogP contribution is -2.33. The molecule has 1 amide bonds. The van der Waals surface area contributed by atoms with Gasteiger partial charge in [-0.2, -0.15) is 11.3 Å². The fraction of sp³-hybridized carbons (Fsp3) is 0.500. The first-order valence-corrected chi connectivity index (χ1v) is 6.74. The third-order valence-corrected chi connectivity index (χ3v) is 3.57. The molecule has 1 aliphatic carbocycles. The zero-order valence-electron chi connectivity index (χ0n) is 7.78. The number of amides is 1. The Kier molecular flexibility index (Phi) is 3.23. The van der Waals surface area contributed by atoms with Crippen LogP contribution < -0.4 is 0 Å². The fourth-order valence-electron chi connectivity index (χ4n) is 1.46. The Morgan fingerprint density at radius 3 is 2.93 bits per heavy atom. The van der Waals surface area contributed by atoms with Crippen LogP contribution in [-0.4, -0.2) is 22.2 Å². The van der Waals surface area contributed by atoms with Gasteiger partial charge in [-0.1, -0.05) is 15.9 Å². The maximum atomic E-state index is 11.6. The summed E-state index contributed by atoms with van der Waals surface area (Å²) in [5.74, 6) is 0.207. The van der Waals surface area contributed by atoms with Gasteiger partial charge in [0, 0.05) is 12.6 Å². The molecule has 76 valence electrons. The van der Waals surface area contributed by atoms with E-state index in [4.69, 9.17) is 0 Å². The molecule has 0 aromatic carbocycles. The maximum absolute atomic E-state index is 11.6. The molecule has 1 saturated carbocycles. The van der Waals surface area contributed by atoms with Crippen LogP contribution in [0.5, 0.6) is 0 Å². The zero-order chi connectivity index (χ0) is 9.97. The molecule has 1 aromatic heterocycles. The molecule has 1 fully saturated rings. The Morgan fingerprint density at radius 2 is 2.43 bits per heavy atom. The molecule has 2 rings (SSSR count). The lowest BCUT2D eigenvalue weighted by molar-refractivity contribution is -0.129. The number of halogens is 1. The van der Waals surface area contributed by atoms with E-state index in [0.717, 1.165) is 6.54 Å². The molecule has 2 nitrogen and oxygen atoms in total. The van der Waals surface area contributed by atoms with E-state index in [2.05, 4.69) is 32.8 Å². The summed E-state index contributed by atoms with van der Waals surface area (Å²) < 4.78 is 0. The van der Waals surface area contributed by atoms with E-state index in [9.17, 15) is 4.79 Å². The van der Waals surface area contributed by atoms with Crippen LogP contribution >= 0.6 is 27.3 Å². The number of hydrogen-bond donors (Lipinski definition) is 0. The van der Waals surface area contributed by atoms with Gasteiger partial charge in [0.2, 0.25) is 5.91 Å². The quantitative estimate of drug-likeness (QED) is 0.773. The van der Waals surface area contributed by atoms with E-state index < -0.39 is 0 Å². The van der Waals surface area contributed by atoms with Crippen molar-refractivity contribution in [2.24, 2.45) is 0 Å². The number of thiophene rings is 1. The van der Waals surface area contributed by atoms with Gasteiger partial charge in [0.25, 0.3) is 0 Å². The number of carbonyl (C=O) groups excluding carboxylic acids is 1. The second kappa shape index (κ2) is 4.45. The summed E-state index contributed by atoms with van der Waals surface area (Å²) in [6.45, 7) is 0.776. The highest BCUT2D eigenvalue weighted by Gasteiger charge is 2.31. The van der Waals surface area contributed by atoms with Crippen molar-refractivity contribution in [1.82, 2.24) is 4.90 Å².